The third-order valence-electron chi connectivity index (χ3n) is 11.2. The average molecular weight is 703 g/mol. The fourth-order valence-corrected chi connectivity index (χ4v) is 8.21. The van der Waals surface area contributed by atoms with Crippen molar-refractivity contribution in [3.63, 3.8) is 0 Å². The van der Waals surface area contributed by atoms with Crippen molar-refractivity contribution in [3.05, 3.63) is 124 Å². The summed E-state index contributed by atoms with van der Waals surface area (Å²) in [6, 6.07) is 16.6. The number of phenols is 2. The number of aliphatic imine (C=N–C) groups is 1. The number of ketones is 1. The number of allylic oxidation sites excluding steroid dienone is 5. The molecule has 52 heavy (non-hydrogen) atoms. The van der Waals surface area contributed by atoms with Crippen LogP contribution in [0.2, 0.25) is 0 Å². The molecule has 274 valence electrons. The van der Waals surface area contributed by atoms with Crippen molar-refractivity contribution < 1.29 is 24.9 Å². The van der Waals surface area contributed by atoms with E-state index in [9.17, 15) is 20.1 Å². The van der Waals surface area contributed by atoms with Gasteiger partial charge in [0.2, 0.25) is 0 Å². The van der Waals surface area contributed by atoms with Crippen LogP contribution in [0.3, 0.4) is 0 Å². The van der Waals surface area contributed by atoms with Crippen LogP contribution in [0.25, 0.3) is 0 Å². The number of unbranched alkanes of at least 4 members (excludes halogenated alkanes) is 1. The molecule has 3 aliphatic rings. The second-order valence-electron chi connectivity index (χ2n) is 14.8. The van der Waals surface area contributed by atoms with Gasteiger partial charge in [-0.25, -0.2) is 0 Å². The summed E-state index contributed by atoms with van der Waals surface area (Å²) in [5.41, 5.74) is 18.1. The second-order valence-corrected chi connectivity index (χ2v) is 14.8. The number of aromatic hydroxyl groups is 2. The van der Waals surface area contributed by atoms with E-state index in [4.69, 9.17) is 16.2 Å². The number of hydrogen-bond acceptors (Lipinski definition) is 8. The SMILES string of the molecule is CCCCC1(C=CC(=O)CCc2ccc(O)c(OCCc3ccc(O)c(C4c5ccc(C(N)N)cc5CCC4C([O-])=C4C=CN=C4)c3)c2)CCCC1. The Labute approximate surface area is 307 Å². The highest BCUT2D eigenvalue weighted by atomic mass is 16.5. The number of aryl methyl sites for hydroxylation is 2. The number of phenolic OH excluding ortho intramolecular Hbond substituents is 2. The molecule has 3 aromatic rings. The van der Waals surface area contributed by atoms with Crippen LogP contribution in [0.5, 0.6) is 17.2 Å². The maximum absolute atomic E-state index is 13.8. The first kappa shape index (κ1) is 37.1. The summed E-state index contributed by atoms with van der Waals surface area (Å²) >= 11 is 0. The maximum atomic E-state index is 13.8. The molecule has 1 aliphatic heterocycles. The topological polar surface area (TPSA) is 154 Å². The molecule has 8 heteroatoms. The first-order valence-corrected chi connectivity index (χ1v) is 18.9. The summed E-state index contributed by atoms with van der Waals surface area (Å²) in [5.74, 6) is -0.117. The van der Waals surface area contributed by atoms with Crippen LogP contribution in [0.1, 0.15) is 110 Å². The van der Waals surface area contributed by atoms with E-state index in [1.165, 1.54) is 38.5 Å². The zero-order valence-electron chi connectivity index (χ0n) is 30.2. The number of rotatable bonds is 15. The third kappa shape index (κ3) is 8.68. The Bertz CT molecular complexity index is 1850. The lowest BCUT2D eigenvalue weighted by Gasteiger charge is -2.39. The molecule has 0 spiro atoms. The molecule has 1 fully saturated rings. The van der Waals surface area contributed by atoms with Crippen molar-refractivity contribution in [1.82, 2.24) is 0 Å². The van der Waals surface area contributed by atoms with E-state index >= 15 is 0 Å². The molecule has 2 atom stereocenters. The van der Waals surface area contributed by atoms with Gasteiger partial charge in [0.25, 0.3) is 0 Å². The normalized spacial score (nSPS) is 20.2. The van der Waals surface area contributed by atoms with Gasteiger partial charge in [-0.2, -0.15) is 0 Å². The van der Waals surface area contributed by atoms with Crippen LogP contribution in [0.4, 0.5) is 0 Å². The van der Waals surface area contributed by atoms with Crippen LogP contribution in [-0.2, 0) is 24.1 Å². The van der Waals surface area contributed by atoms with Crippen LogP contribution in [0.15, 0.2) is 95.3 Å². The van der Waals surface area contributed by atoms with Gasteiger partial charge in [0.15, 0.2) is 17.3 Å². The Morgan fingerprint density at radius 1 is 1.02 bits per heavy atom. The number of benzene rings is 3. The standard InChI is InChI=1S/C44H53N3O5/c1-2-3-19-44(20-4-5-21-44)22-16-34(48)11-6-29-8-15-39(50)40(26-29)52-24-18-30-7-14-38(49)37(25-30)41-35-12-10-32(43(45)46)27-31(35)9-13-36(41)42(51)33-17-23-47-28-33/h7-8,10,12,14-17,22-23,25-28,36,41,43,49-51H,2-6,9,11,13,18-21,24,45-46H2,1H3/p-1. The lowest BCUT2D eigenvalue weighted by atomic mass is 9.69. The molecule has 0 amide bonds. The van der Waals surface area contributed by atoms with E-state index in [0.717, 1.165) is 34.2 Å². The summed E-state index contributed by atoms with van der Waals surface area (Å²) in [6.45, 7) is 2.50. The van der Waals surface area contributed by atoms with E-state index in [-0.39, 0.29) is 41.0 Å². The third-order valence-corrected chi connectivity index (χ3v) is 11.2. The van der Waals surface area contributed by atoms with Gasteiger partial charge in [-0.15, -0.1) is 5.76 Å². The smallest absolute Gasteiger partial charge is 0.161 e. The van der Waals surface area contributed by atoms with Crippen LogP contribution in [-0.4, -0.2) is 28.8 Å². The number of nitrogens with two attached hydrogens (primary N) is 2. The molecule has 8 nitrogen and oxygen atoms in total. The number of ether oxygens (including phenoxy) is 1. The van der Waals surface area contributed by atoms with Crippen molar-refractivity contribution in [2.45, 2.75) is 96.1 Å². The first-order chi connectivity index (χ1) is 25.2. The minimum Gasteiger partial charge on any atom is -0.875 e. The molecular formula is C44H52N3O5-. The highest BCUT2D eigenvalue weighted by Crippen LogP contribution is 2.47. The molecule has 0 saturated heterocycles. The van der Waals surface area contributed by atoms with Crippen LogP contribution in [0, 0.1) is 11.3 Å². The maximum Gasteiger partial charge on any atom is 0.161 e. The summed E-state index contributed by atoms with van der Waals surface area (Å²) in [5, 5.41) is 35.6. The summed E-state index contributed by atoms with van der Waals surface area (Å²) in [6.07, 6.45) is 19.5. The van der Waals surface area contributed by atoms with E-state index in [1.54, 1.807) is 36.7 Å². The van der Waals surface area contributed by atoms with Crippen LogP contribution < -0.4 is 21.3 Å². The van der Waals surface area contributed by atoms with Crippen molar-refractivity contribution in [3.8, 4) is 17.2 Å². The average Bonchev–Trinajstić information content (AvgIpc) is 3.87. The van der Waals surface area contributed by atoms with Crippen molar-refractivity contribution in [1.29, 1.82) is 0 Å². The Morgan fingerprint density at radius 3 is 2.52 bits per heavy atom. The van der Waals surface area contributed by atoms with Crippen molar-refractivity contribution >= 4 is 12.0 Å². The molecule has 0 aromatic heterocycles. The lowest BCUT2D eigenvalue weighted by Crippen LogP contribution is -2.30. The Hall–Kier alpha value is -4.66. The summed E-state index contributed by atoms with van der Waals surface area (Å²) in [4.78, 5) is 17.0. The van der Waals surface area contributed by atoms with Crippen molar-refractivity contribution in [2.24, 2.45) is 27.8 Å². The fourth-order valence-electron chi connectivity index (χ4n) is 8.21. The molecule has 0 radical (unpaired) electrons. The highest BCUT2D eigenvalue weighted by Gasteiger charge is 2.34. The van der Waals surface area contributed by atoms with Crippen molar-refractivity contribution in [2.75, 3.05) is 6.61 Å². The molecule has 2 aliphatic carbocycles. The number of carbonyl (C=O) groups excluding carboxylic acids is 1. The number of fused-ring (bicyclic) bond motifs is 1. The molecule has 2 unspecified atom stereocenters. The highest BCUT2D eigenvalue weighted by molar-refractivity contribution is 5.90. The minimum atomic E-state index is -0.607. The molecule has 0 bridgehead atoms. The van der Waals surface area contributed by atoms with Gasteiger partial charge in [-0.1, -0.05) is 75.1 Å². The van der Waals surface area contributed by atoms with Crippen LogP contribution >= 0.6 is 0 Å². The number of carbonyl (C=O) groups is 1. The lowest BCUT2D eigenvalue weighted by molar-refractivity contribution is -0.317. The Kier molecular flexibility index (Phi) is 12.0. The van der Waals surface area contributed by atoms with Gasteiger partial charge in [0.05, 0.1) is 12.8 Å². The number of nitrogens with zero attached hydrogens (tertiary/aromatic N) is 1. The molecular weight excluding hydrogens is 650 g/mol. The summed E-state index contributed by atoms with van der Waals surface area (Å²) in [7, 11) is 0. The van der Waals surface area contributed by atoms with Gasteiger partial charge in [-0.05, 0) is 114 Å². The quantitative estimate of drug-likeness (QED) is 0.0734. The minimum absolute atomic E-state index is 0.00123. The molecule has 6 N–H and O–H groups in total. The monoisotopic (exact) mass is 702 g/mol. The zero-order chi connectivity index (χ0) is 36.7. The Balaban J connectivity index is 1.14. The molecule has 3 aromatic carbocycles. The van der Waals surface area contributed by atoms with E-state index in [2.05, 4.69) is 18.0 Å². The second kappa shape index (κ2) is 16.8. The molecule has 1 saturated carbocycles. The molecule has 1 heterocycles. The fraction of sp³-hybridized carbons (Fsp3) is 0.409. The zero-order valence-corrected chi connectivity index (χ0v) is 30.2. The molecule has 6 rings (SSSR count). The number of hydrogen-bond donors (Lipinski definition) is 4. The van der Waals surface area contributed by atoms with Gasteiger partial charge in [-0.3, -0.25) is 9.79 Å². The predicted molar refractivity (Wildman–Crippen MR) is 204 cm³/mol. The first-order valence-electron chi connectivity index (χ1n) is 18.9. The van der Waals surface area contributed by atoms with Gasteiger partial charge < -0.3 is 31.5 Å². The van der Waals surface area contributed by atoms with Gasteiger partial charge in [0.1, 0.15) is 5.75 Å². The Morgan fingerprint density at radius 2 is 1.79 bits per heavy atom. The largest absolute Gasteiger partial charge is 0.875 e. The van der Waals surface area contributed by atoms with E-state index in [0.29, 0.717) is 49.0 Å². The van der Waals surface area contributed by atoms with Gasteiger partial charge >= 0.3 is 0 Å². The van der Waals surface area contributed by atoms with E-state index < -0.39 is 12.1 Å². The van der Waals surface area contributed by atoms with E-state index in [1.807, 2.05) is 42.5 Å². The summed E-state index contributed by atoms with van der Waals surface area (Å²) < 4.78 is 6.07. The van der Waals surface area contributed by atoms with Gasteiger partial charge in [0, 0.05) is 36.7 Å². The predicted octanol–water partition coefficient (Wildman–Crippen LogP) is 7.35.